The molecular formula is C12H13FN2. The number of halogens is 1. The fourth-order valence-electron chi connectivity index (χ4n) is 1.59. The molecule has 0 saturated carbocycles. The first kappa shape index (κ1) is 9.93. The van der Waals surface area contributed by atoms with Crippen LogP contribution in [0.3, 0.4) is 0 Å². The van der Waals surface area contributed by atoms with Gasteiger partial charge in [0.2, 0.25) is 0 Å². The summed E-state index contributed by atoms with van der Waals surface area (Å²) in [5.74, 6) is -0.190. The quantitative estimate of drug-likeness (QED) is 0.790. The highest BCUT2D eigenvalue weighted by atomic mass is 19.1. The molecule has 1 aromatic carbocycles. The average Bonchev–Trinajstić information content (AvgIpc) is 2.71. The summed E-state index contributed by atoms with van der Waals surface area (Å²) < 4.78 is 13.7. The zero-order valence-corrected chi connectivity index (χ0v) is 8.55. The van der Waals surface area contributed by atoms with Crippen LogP contribution in [0.1, 0.15) is 5.56 Å². The predicted octanol–water partition coefficient (Wildman–Crippen LogP) is 2.54. The van der Waals surface area contributed by atoms with Crippen LogP contribution in [0.2, 0.25) is 0 Å². The Morgan fingerprint density at radius 2 is 2.20 bits per heavy atom. The highest BCUT2D eigenvalue weighted by Crippen LogP contribution is 2.21. The molecule has 0 aliphatic heterocycles. The summed E-state index contributed by atoms with van der Waals surface area (Å²) >= 11 is 0. The number of rotatable bonds is 3. The maximum absolute atomic E-state index is 13.7. The molecule has 2 rings (SSSR count). The summed E-state index contributed by atoms with van der Waals surface area (Å²) in [6.45, 7) is 0.682. The Morgan fingerprint density at radius 3 is 2.80 bits per heavy atom. The maximum atomic E-state index is 13.7. The van der Waals surface area contributed by atoms with Crippen LogP contribution < -0.4 is 5.32 Å². The molecule has 0 unspecified atom stereocenters. The molecule has 0 saturated heterocycles. The number of aromatic amines is 1. The topological polar surface area (TPSA) is 27.8 Å². The molecule has 0 fully saturated rings. The number of nitrogens with one attached hydrogen (secondary N) is 2. The van der Waals surface area contributed by atoms with E-state index in [4.69, 9.17) is 0 Å². The summed E-state index contributed by atoms with van der Waals surface area (Å²) in [4.78, 5) is 2.99. The van der Waals surface area contributed by atoms with Gasteiger partial charge in [0.05, 0.1) is 0 Å². The van der Waals surface area contributed by atoms with Crippen molar-refractivity contribution in [3.8, 4) is 11.3 Å². The minimum absolute atomic E-state index is 0.190. The summed E-state index contributed by atoms with van der Waals surface area (Å²) in [5.41, 5.74) is 2.37. The number of hydrogen-bond donors (Lipinski definition) is 2. The first-order valence-electron chi connectivity index (χ1n) is 4.88. The van der Waals surface area contributed by atoms with Gasteiger partial charge in [-0.2, -0.15) is 0 Å². The lowest BCUT2D eigenvalue weighted by Gasteiger charge is -2.04. The zero-order chi connectivity index (χ0) is 10.7. The Kier molecular flexibility index (Phi) is 2.83. The Labute approximate surface area is 88.1 Å². The monoisotopic (exact) mass is 204 g/mol. The summed E-state index contributed by atoms with van der Waals surface area (Å²) in [7, 11) is 1.84. The highest BCUT2D eigenvalue weighted by molar-refractivity contribution is 5.60. The average molecular weight is 204 g/mol. The van der Waals surface area contributed by atoms with E-state index in [1.54, 1.807) is 18.3 Å². The van der Waals surface area contributed by atoms with Gasteiger partial charge in [-0.05, 0) is 36.9 Å². The normalized spacial score (nSPS) is 10.5. The van der Waals surface area contributed by atoms with Crippen LogP contribution in [0.25, 0.3) is 11.3 Å². The fourth-order valence-corrected chi connectivity index (χ4v) is 1.59. The lowest BCUT2D eigenvalue weighted by atomic mass is 10.1. The lowest BCUT2D eigenvalue weighted by molar-refractivity contribution is 0.627. The molecule has 0 aliphatic rings. The molecule has 2 aromatic rings. The van der Waals surface area contributed by atoms with Crippen molar-refractivity contribution in [3.05, 3.63) is 47.9 Å². The van der Waals surface area contributed by atoms with Crippen LogP contribution >= 0.6 is 0 Å². The van der Waals surface area contributed by atoms with E-state index in [0.29, 0.717) is 12.1 Å². The fraction of sp³-hybridized carbons (Fsp3) is 0.167. The molecule has 0 amide bonds. The van der Waals surface area contributed by atoms with Gasteiger partial charge in [-0.25, -0.2) is 4.39 Å². The third-order valence-electron chi connectivity index (χ3n) is 2.30. The molecule has 78 valence electrons. The number of H-pyrrole nitrogens is 1. The van der Waals surface area contributed by atoms with Crippen molar-refractivity contribution in [3.63, 3.8) is 0 Å². The summed E-state index contributed by atoms with van der Waals surface area (Å²) in [6.07, 6.45) is 1.79. The van der Waals surface area contributed by atoms with Crippen molar-refractivity contribution < 1.29 is 4.39 Å². The van der Waals surface area contributed by atoms with E-state index in [9.17, 15) is 4.39 Å². The van der Waals surface area contributed by atoms with Crippen molar-refractivity contribution in [2.24, 2.45) is 0 Å². The van der Waals surface area contributed by atoms with Crippen molar-refractivity contribution >= 4 is 0 Å². The summed E-state index contributed by atoms with van der Waals surface area (Å²) in [6, 6.07) is 9.00. The first-order valence-corrected chi connectivity index (χ1v) is 4.88. The van der Waals surface area contributed by atoms with Gasteiger partial charge < -0.3 is 10.3 Å². The maximum Gasteiger partial charge on any atom is 0.132 e. The van der Waals surface area contributed by atoms with E-state index < -0.39 is 0 Å². The lowest BCUT2D eigenvalue weighted by Crippen LogP contribution is -2.05. The van der Waals surface area contributed by atoms with E-state index in [1.807, 2.05) is 25.2 Å². The van der Waals surface area contributed by atoms with Gasteiger partial charge in [0.15, 0.2) is 0 Å². The Balaban J connectivity index is 2.35. The van der Waals surface area contributed by atoms with E-state index in [2.05, 4.69) is 10.3 Å². The molecule has 2 N–H and O–H groups in total. The smallest absolute Gasteiger partial charge is 0.132 e. The molecule has 0 atom stereocenters. The predicted molar refractivity (Wildman–Crippen MR) is 59.0 cm³/mol. The number of aromatic nitrogens is 1. The minimum Gasteiger partial charge on any atom is -0.361 e. The van der Waals surface area contributed by atoms with Crippen LogP contribution in [0, 0.1) is 5.82 Å². The first-order chi connectivity index (χ1) is 7.31. The summed E-state index contributed by atoms with van der Waals surface area (Å²) in [5, 5.41) is 2.99. The molecule has 15 heavy (non-hydrogen) atoms. The molecule has 1 aromatic heterocycles. The second kappa shape index (κ2) is 4.28. The van der Waals surface area contributed by atoms with Crippen molar-refractivity contribution in [2.75, 3.05) is 7.05 Å². The van der Waals surface area contributed by atoms with Gasteiger partial charge in [0, 0.05) is 24.0 Å². The van der Waals surface area contributed by atoms with Crippen LogP contribution in [0.4, 0.5) is 4.39 Å². The molecule has 0 aliphatic carbocycles. The van der Waals surface area contributed by atoms with Gasteiger partial charge in [-0.15, -0.1) is 0 Å². The Morgan fingerprint density at radius 1 is 1.33 bits per heavy atom. The van der Waals surface area contributed by atoms with Gasteiger partial charge in [-0.3, -0.25) is 0 Å². The SMILES string of the molecule is CNCc1ccc(-c2ccc[nH]2)c(F)c1. The largest absolute Gasteiger partial charge is 0.361 e. The highest BCUT2D eigenvalue weighted by Gasteiger charge is 2.05. The van der Waals surface area contributed by atoms with Crippen LogP contribution in [-0.4, -0.2) is 12.0 Å². The third-order valence-corrected chi connectivity index (χ3v) is 2.30. The number of hydrogen-bond acceptors (Lipinski definition) is 1. The van der Waals surface area contributed by atoms with Crippen LogP contribution in [0.15, 0.2) is 36.5 Å². The van der Waals surface area contributed by atoms with Crippen LogP contribution in [-0.2, 0) is 6.54 Å². The second-order valence-electron chi connectivity index (χ2n) is 3.43. The van der Waals surface area contributed by atoms with E-state index in [1.165, 1.54) is 0 Å². The van der Waals surface area contributed by atoms with E-state index in [-0.39, 0.29) is 5.82 Å². The van der Waals surface area contributed by atoms with Gasteiger partial charge in [0.25, 0.3) is 0 Å². The van der Waals surface area contributed by atoms with Crippen molar-refractivity contribution in [2.45, 2.75) is 6.54 Å². The molecule has 1 heterocycles. The zero-order valence-electron chi connectivity index (χ0n) is 8.55. The molecule has 0 radical (unpaired) electrons. The minimum atomic E-state index is -0.190. The van der Waals surface area contributed by atoms with Crippen molar-refractivity contribution in [1.29, 1.82) is 0 Å². The Hall–Kier alpha value is -1.61. The number of benzene rings is 1. The molecule has 2 nitrogen and oxygen atoms in total. The third kappa shape index (κ3) is 2.07. The second-order valence-corrected chi connectivity index (χ2v) is 3.43. The van der Waals surface area contributed by atoms with E-state index >= 15 is 0 Å². The van der Waals surface area contributed by atoms with Gasteiger partial charge >= 0.3 is 0 Å². The molecular weight excluding hydrogens is 191 g/mol. The van der Waals surface area contributed by atoms with Crippen molar-refractivity contribution in [1.82, 2.24) is 10.3 Å². The van der Waals surface area contributed by atoms with Crippen LogP contribution in [0.5, 0.6) is 0 Å². The Bertz CT molecular complexity index is 435. The van der Waals surface area contributed by atoms with Gasteiger partial charge in [0.1, 0.15) is 5.82 Å². The molecule has 0 bridgehead atoms. The molecule has 3 heteroatoms. The standard InChI is InChI=1S/C12H13FN2/c1-14-8-9-4-5-10(11(13)7-9)12-3-2-6-15-12/h2-7,14-15H,8H2,1H3. The van der Waals surface area contributed by atoms with E-state index in [0.717, 1.165) is 11.3 Å². The van der Waals surface area contributed by atoms with Gasteiger partial charge in [-0.1, -0.05) is 6.07 Å². The molecule has 0 spiro atoms.